The molecule has 1 unspecified atom stereocenters. The Morgan fingerprint density at radius 2 is 2.00 bits per heavy atom. The third-order valence-electron chi connectivity index (χ3n) is 3.98. The Morgan fingerprint density at radius 1 is 1.24 bits per heavy atom. The molecular formula is C17H17BrFNO. The molecule has 2 nitrogen and oxygen atoms in total. The maximum absolute atomic E-state index is 13.2. The lowest BCUT2D eigenvalue weighted by Gasteiger charge is -2.19. The van der Waals surface area contributed by atoms with Crippen LogP contribution in [-0.4, -0.2) is 6.61 Å². The molecule has 0 fully saturated rings. The van der Waals surface area contributed by atoms with Gasteiger partial charge in [0.1, 0.15) is 11.6 Å². The van der Waals surface area contributed by atoms with Crippen molar-refractivity contribution in [3.8, 4) is 5.75 Å². The molecule has 21 heavy (non-hydrogen) atoms. The Kier molecular flexibility index (Phi) is 3.54. The van der Waals surface area contributed by atoms with Crippen molar-refractivity contribution < 1.29 is 9.13 Å². The Bertz CT molecular complexity index is 699. The summed E-state index contributed by atoms with van der Waals surface area (Å²) in [6.45, 7) is 4.99. The van der Waals surface area contributed by atoms with Crippen LogP contribution < -0.4 is 10.5 Å². The first kappa shape index (κ1) is 14.5. The van der Waals surface area contributed by atoms with Crippen LogP contribution in [0.3, 0.4) is 0 Å². The molecule has 0 saturated carbocycles. The van der Waals surface area contributed by atoms with E-state index in [0.29, 0.717) is 11.1 Å². The van der Waals surface area contributed by atoms with E-state index in [4.69, 9.17) is 10.5 Å². The monoisotopic (exact) mass is 349 g/mol. The van der Waals surface area contributed by atoms with Crippen molar-refractivity contribution in [2.75, 3.05) is 6.61 Å². The molecule has 2 aromatic rings. The number of nitrogens with two attached hydrogens (primary N) is 1. The van der Waals surface area contributed by atoms with Crippen molar-refractivity contribution >= 4 is 15.9 Å². The highest BCUT2D eigenvalue weighted by atomic mass is 79.9. The van der Waals surface area contributed by atoms with Gasteiger partial charge in [0.05, 0.1) is 12.6 Å². The fourth-order valence-electron chi connectivity index (χ4n) is 2.67. The zero-order valence-corrected chi connectivity index (χ0v) is 13.6. The van der Waals surface area contributed by atoms with Gasteiger partial charge in [0.2, 0.25) is 0 Å². The van der Waals surface area contributed by atoms with Gasteiger partial charge >= 0.3 is 0 Å². The second-order valence-corrected chi connectivity index (χ2v) is 6.93. The first-order valence-corrected chi connectivity index (χ1v) is 7.65. The van der Waals surface area contributed by atoms with Gasteiger partial charge in [-0.25, -0.2) is 4.39 Å². The molecule has 1 aliphatic heterocycles. The number of benzene rings is 2. The van der Waals surface area contributed by atoms with Gasteiger partial charge in [0.15, 0.2) is 0 Å². The number of rotatable bonds is 2. The molecule has 4 heteroatoms. The second-order valence-electron chi connectivity index (χ2n) is 6.07. The van der Waals surface area contributed by atoms with E-state index in [1.165, 1.54) is 17.7 Å². The lowest BCUT2D eigenvalue weighted by molar-refractivity contribution is 0.291. The van der Waals surface area contributed by atoms with Gasteiger partial charge in [-0.1, -0.05) is 41.9 Å². The molecule has 0 spiro atoms. The molecule has 1 heterocycles. The zero-order valence-electron chi connectivity index (χ0n) is 12.0. The molecular weight excluding hydrogens is 333 g/mol. The molecule has 3 rings (SSSR count). The van der Waals surface area contributed by atoms with E-state index in [1.54, 1.807) is 6.07 Å². The van der Waals surface area contributed by atoms with Gasteiger partial charge < -0.3 is 10.5 Å². The SMILES string of the molecule is CC1(C)COc2ccc(C(N)c3ccc(F)cc3Br)cc21. The van der Waals surface area contributed by atoms with Crippen LogP contribution in [0, 0.1) is 5.82 Å². The third-order valence-corrected chi connectivity index (χ3v) is 4.66. The Morgan fingerprint density at radius 3 is 2.71 bits per heavy atom. The topological polar surface area (TPSA) is 35.2 Å². The van der Waals surface area contributed by atoms with Gasteiger partial charge in [-0.05, 0) is 35.4 Å². The summed E-state index contributed by atoms with van der Waals surface area (Å²) in [6, 6.07) is 10.3. The van der Waals surface area contributed by atoms with E-state index in [1.807, 2.05) is 12.1 Å². The lowest BCUT2D eigenvalue weighted by atomic mass is 9.85. The average molecular weight is 350 g/mol. The predicted octanol–water partition coefficient (Wildman–Crippen LogP) is 4.31. The largest absolute Gasteiger partial charge is 0.492 e. The first-order chi connectivity index (χ1) is 9.88. The molecule has 0 radical (unpaired) electrons. The van der Waals surface area contributed by atoms with Crippen LogP contribution in [0.4, 0.5) is 4.39 Å². The molecule has 110 valence electrons. The van der Waals surface area contributed by atoms with Crippen molar-refractivity contribution in [2.45, 2.75) is 25.3 Å². The standard InChI is InChI=1S/C17H17BrFNO/c1-17(2)9-21-15-6-3-10(7-13(15)17)16(20)12-5-4-11(19)8-14(12)18/h3-8,16H,9,20H2,1-2H3. The molecule has 2 N–H and O–H groups in total. The number of hydrogen-bond donors (Lipinski definition) is 1. The van der Waals surface area contributed by atoms with Crippen LogP contribution in [0.5, 0.6) is 5.75 Å². The summed E-state index contributed by atoms with van der Waals surface area (Å²) in [5.41, 5.74) is 9.39. The van der Waals surface area contributed by atoms with E-state index < -0.39 is 0 Å². The zero-order chi connectivity index (χ0) is 15.2. The van der Waals surface area contributed by atoms with Crippen LogP contribution in [-0.2, 0) is 5.41 Å². The third kappa shape index (κ3) is 2.58. The molecule has 0 amide bonds. The molecule has 2 aromatic carbocycles. The van der Waals surface area contributed by atoms with Crippen LogP contribution in [0.1, 0.15) is 36.6 Å². The predicted molar refractivity (Wildman–Crippen MR) is 85.1 cm³/mol. The summed E-state index contributed by atoms with van der Waals surface area (Å²) in [4.78, 5) is 0. The number of ether oxygens (including phenoxy) is 1. The van der Waals surface area contributed by atoms with Crippen LogP contribution in [0.2, 0.25) is 0 Å². The Hall–Kier alpha value is -1.39. The maximum atomic E-state index is 13.2. The van der Waals surface area contributed by atoms with Crippen molar-refractivity contribution in [3.05, 3.63) is 63.4 Å². The van der Waals surface area contributed by atoms with Crippen molar-refractivity contribution in [1.82, 2.24) is 0 Å². The lowest BCUT2D eigenvalue weighted by Crippen LogP contribution is -2.19. The summed E-state index contributed by atoms with van der Waals surface area (Å²) < 4.78 is 19.6. The summed E-state index contributed by atoms with van der Waals surface area (Å²) in [5, 5.41) is 0. The van der Waals surface area contributed by atoms with Crippen molar-refractivity contribution in [1.29, 1.82) is 0 Å². The van der Waals surface area contributed by atoms with E-state index in [-0.39, 0.29) is 17.3 Å². The summed E-state index contributed by atoms with van der Waals surface area (Å²) in [7, 11) is 0. The number of hydrogen-bond acceptors (Lipinski definition) is 2. The van der Waals surface area contributed by atoms with Gasteiger partial charge in [0.25, 0.3) is 0 Å². The highest BCUT2D eigenvalue weighted by Crippen LogP contribution is 2.40. The Balaban J connectivity index is 2.01. The Labute approximate surface area is 132 Å². The fourth-order valence-corrected chi connectivity index (χ4v) is 3.26. The van der Waals surface area contributed by atoms with Crippen LogP contribution in [0.25, 0.3) is 0 Å². The number of halogens is 2. The molecule has 0 aliphatic carbocycles. The van der Waals surface area contributed by atoms with Crippen LogP contribution >= 0.6 is 15.9 Å². The summed E-state index contributed by atoms with van der Waals surface area (Å²) >= 11 is 3.39. The van der Waals surface area contributed by atoms with Gasteiger partial charge in [-0.3, -0.25) is 0 Å². The highest BCUT2D eigenvalue weighted by Gasteiger charge is 2.32. The van der Waals surface area contributed by atoms with Crippen molar-refractivity contribution in [2.24, 2.45) is 5.73 Å². The average Bonchev–Trinajstić information content (AvgIpc) is 2.74. The number of fused-ring (bicyclic) bond motifs is 1. The van der Waals surface area contributed by atoms with E-state index in [2.05, 4.69) is 35.8 Å². The first-order valence-electron chi connectivity index (χ1n) is 6.86. The minimum absolute atomic E-state index is 0.00884. The fraction of sp³-hybridized carbons (Fsp3) is 0.294. The van der Waals surface area contributed by atoms with E-state index >= 15 is 0 Å². The second kappa shape index (κ2) is 5.11. The molecule has 0 bridgehead atoms. The molecule has 0 saturated heterocycles. The molecule has 0 aromatic heterocycles. The van der Waals surface area contributed by atoms with Crippen molar-refractivity contribution in [3.63, 3.8) is 0 Å². The van der Waals surface area contributed by atoms with Gasteiger partial charge in [-0.2, -0.15) is 0 Å². The molecule has 1 atom stereocenters. The quantitative estimate of drug-likeness (QED) is 0.876. The van der Waals surface area contributed by atoms with Gasteiger partial charge in [-0.15, -0.1) is 0 Å². The molecule has 1 aliphatic rings. The smallest absolute Gasteiger partial charge is 0.124 e. The normalized spacial score (nSPS) is 17.2. The van der Waals surface area contributed by atoms with E-state index in [9.17, 15) is 4.39 Å². The minimum atomic E-state index is -0.304. The minimum Gasteiger partial charge on any atom is -0.492 e. The maximum Gasteiger partial charge on any atom is 0.124 e. The highest BCUT2D eigenvalue weighted by molar-refractivity contribution is 9.10. The van der Waals surface area contributed by atoms with Gasteiger partial charge in [0, 0.05) is 15.5 Å². The summed E-state index contributed by atoms with van der Waals surface area (Å²) in [6.07, 6.45) is 0. The van der Waals surface area contributed by atoms with Crippen LogP contribution in [0.15, 0.2) is 40.9 Å². The summed E-state index contributed by atoms with van der Waals surface area (Å²) in [5.74, 6) is 0.649. The van der Waals surface area contributed by atoms with E-state index in [0.717, 1.165) is 16.9 Å².